The van der Waals surface area contributed by atoms with Gasteiger partial charge in [0.1, 0.15) is 0 Å². The summed E-state index contributed by atoms with van der Waals surface area (Å²) in [6, 6.07) is 13.4. The number of carbonyl (C=O) groups excluding carboxylic acids is 2. The minimum Gasteiger partial charge on any atom is -0.326 e. The van der Waals surface area contributed by atoms with Gasteiger partial charge in [-0.3, -0.25) is 9.59 Å². The topological polar surface area (TPSA) is 49.4 Å². The predicted molar refractivity (Wildman–Crippen MR) is 99.1 cm³/mol. The second-order valence-electron chi connectivity index (χ2n) is 6.17. The van der Waals surface area contributed by atoms with Crippen molar-refractivity contribution >= 4 is 39.1 Å². The Balaban J connectivity index is 1.69. The Kier molecular flexibility index (Phi) is 4.71. The second-order valence-corrected chi connectivity index (χ2v) is 7.09. The summed E-state index contributed by atoms with van der Waals surface area (Å²) in [7, 11) is 0. The quantitative estimate of drug-likeness (QED) is 0.864. The summed E-state index contributed by atoms with van der Waals surface area (Å²) in [5.74, 6) is -0.452. The Morgan fingerprint density at radius 2 is 1.83 bits per heavy atom. The number of carbonyl (C=O) groups is 2. The molecule has 2 aromatic carbocycles. The third kappa shape index (κ3) is 3.51. The van der Waals surface area contributed by atoms with Gasteiger partial charge in [0.25, 0.3) is 0 Å². The Morgan fingerprint density at radius 3 is 2.50 bits per heavy atom. The van der Waals surface area contributed by atoms with Gasteiger partial charge < -0.3 is 10.2 Å². The number of amides is 2. The van der Waals surface area contributed by atoms with Crippen LogP contribution in [0.2, 0.25) is 0 Å². The predicted octanol–water partition coefficient (Wildman–Crippen LogP) is 4.06. The number of rotatable bonds is 3. The molecular weight excluding hydrogens is 368 g/mol. The van der Waals surface area contributed by atoms with Crippen LogP contribution in [0.25, 0.3) is 0 Å². The number of nitrogens with one attached hydrogen (secondary N) is 1. The molecule has 2 amide bonds. The monoisotopic (exact) mass is 386 g/mol. The van der Waals surface area contributed by atoms with Gasteiger partial charge >= 0.3 is 0 Å². The lowest BCUT2D eigenvalue weighted by Gasteiger charge is -2.17. The van der Waals surface area contributed by atoms with Crippen LogP contribution in [0.1, 0.15) is 17.5 Å². The molecule has 1 aliphatic heterocycles. The first-order valence-corrected chi connectivity index (χ1v) is 8.67. The van der Waals surface area contributed by atoms with Crippen molar-refractivity contribution < 1.29 is 9.59 Å². The number of hydrogen-bond donors (Lipinski definition) is 1. The zero-order valence-electron chi connectivity index (χ0n) is 13.7. The SMILES string of the molecule is Cc1ccc(NC(=O)[C@@H]2CC(=O)N(c3ccc(Br)cc3)C2)cc1C. The van der Waals surface area contributed by atoms with Crippen LogP contribution in [0.3, 0.4) is 0 Å². The summed E-state index contributed by atoms with van der Waals surface area (Å²) in [4.78, 5) is 26.4. The van der Waals surface area contributed by atoms with Crippen LogP contribution in [0.5, 0.6) is 0 Å². The fourth-order valence-corrected chi connectivity index (χ4v) is 3.08. The highest BCUT2D eigenvalue weighted by Crippen LogP contribution is 2.27. The summed E-state index contributed by atoms with van der Waals surface area (Å²) < 4.78 is 0.960. The standard InChI is InChI=1S/C19H19BrN2O2/c1-12-3-6-16(9-13(12)2)21-19(24)14-10-18(23)22(11-14)17-7-4-15(20)5-8-17/h3-9,14H,10-11H2,1-2H3,(H,21,24)/t14-/m1/s1. The summed E-state index contributed by atoms with van der Waals surface area (Å²) in [6.45, 7) is 4.46. The highest BCUT2D eigenvalue weighted by molar-refractivity contribution is 9.10. The minimum atomic E-state index is -0.331. The normalized spacial score (nSPS) is 17.2. The molecule has 5 heteroatoms. The third-order valence-corrected chi connectivity index (χ3v) is 4.94. The van der Waals surface area contributed by atoms with Gasteiger partial charge in [0, 0.05) is 28.8 Å². The maximum Gasteiger partial charge on any atom is 0.229 e. The molecular formula is C19H19BrN2O2. The minimum absolute atomic E-state index is 0.0161. The van der Waals surface area contributed by atoms with Gasteiger partial charge in [-0.15, -0.1) is 0 Å². The van der Waals surface area contributed by atoms with Crippen molar-refractivity contribution in [2.45, 2.75) is 20.3 Å². The van der Waals surface area contributed by atoms with E-state index in [1.165, 1.54) is 5.56 Å². The largest absolute Gasteiger partial charge is 0.326 e. The Hall–Kier alpha value is -2.14. The molecule has 1 fully saturated rings. The third-order valence-electron chi connectivity index (χ3n) is 4.41. The molecule has 0 radical (unpaired) electrons. The molecule has 1 heterocycles. The van der Waals surface area contributed by atoms with Crippen molar-refractivity contribution in [3.63, 3.8) is 0 Å². The van der Waals surface area contributed by atoms with Crippen molar-refractivity contribution in [2.75, 3.05) is 16.8 Å². The van der Waals surface area contributed by atoms with Crippen molar-refractivity contribution in [3.8, 4) is 0 Å². The Morgan fingerprint density at radius 1 is 1.12 bits per heavy atom. The number of aryl methyl sites for hydroxylation is 2. The van der Waals surface area contributed by atoms with Gasteiger partial charge in [-0.05, 0) is 61.4 Å². The van der Waals surface area contributed by atoms with Crippen LogP contribution >= 0.6 is 15.9 Å². The fourth-order valence-electron chi connectivity index (χ4n) is 2.82. The van der Waals surface area contributed by atoms with Crippen molar-refractivity contribution in [1.82, 2.24) is 0 Å². The number of halogens is 1. The highest BCUT2D eigenvalue weighted by atomic mass is 79.9. The van der Waals surface area contributed by atoms with Crippen LogP contribution in [-0.4, -0.2) is 18.4 Å². The van der Waals surface area contributed by atoms with E-state index in [2.05, 4.69) is 21.2 Å². The lowest BCUT2D eigenvalue weighted by Crippen LogP contribution is -2.28. The summed E-state index contributed by atoms with van der Waals surface area (Å²) in [5, 5.41) is 2.93. The number of nitrogens with zero attached hydrogens (tertiary/aromatic N) is 1. The average Bonchev–Trinajstić information content (AvgIpc) is 2.94. The second kappa shape index (κ2) is 6.77. The van der Waals surface area contributed by atoms with E-state index in [4.69, 9.17) is 0 Å². The van der Waals surface area contributed by atoms with Crippen LogP contribution in [0.15, 0.2) is 46.9 Å². The van der Waals surface area contributed by atoms with Gasteiger partial charge in [0.2, 0.25) is 11.8 Å². The summed E-state index contributed by atoms with van der Waals surface area (Å²) in [6.07, 6.45) is 0.243. The first kappa shape index (κ1) is 16.7. The molecule has 0 saturated carbocycles. The van der Waals surface area contributed by atoms with Gasteiger partial charge in [-0.2, -0.15) is 0 Å². The van der Waals surface area contributed by atoms with E-state index in [1.807, 2.05) is 56.3 Å². The summed E-state index contributed by atoms with van der Waals surface area (Å²) in [5.41, 5.74) is 3.92. The molecule has 1 N–H and O–H groups in total. The molecule has 0 bridgehead atoms. The van der Waals surface area contributed by atoms with Gasteiger partial charge in [0.15, 0.2) is 0 Å². The molecule has 4 nitrogen and oxygen atoms in total. The zero-order valence-corrected chi connectivity index (χ0v) is 15.3. The smallest absolute Gasteiger partial charge is 0.229 e. The first-order valence-electron chi connectivity index (χ1n) is 7.88. The zero-order chi connectivity index (χ0) is 17.3. The average molecular weight is 387 g/mol. The molecule has 0 aliphatic carbocycles. The molecule has 24 heavy (non-hydrogen) atoms. The van der Waals surface area contributed by atoms with E-state index in [1.54, 1.807) is 4.90 Å². The van der Waals surface area contributed by atoms with Crippen molar-refractivity contribution in [1.29, 1.82) is 0 Å². The van der Waals surface area contributed by atoms with E-state index in [9.17, 15) is 9.59 Å². The molecule has 0 unspecified atom stereocenters. The van der Waals surface area contributed by atoms with E-state index < -0.39 is 0 Å². The Bertz CT molecular complexity index is 786. The van der Waals surface area contributed by atoms with E-state index in [0.717, 1.165) is 21.4 Å². The number of benzene rings is 2. The maximum atomic E-state index is 12.5. The number of hydrogen-bond acceptors (Lipinski definition) is 2. The first-order chi connectivity index (χ1) is 11.4. The molecule has 1 aliphatic rings. The molecule has 1 saturated heterocycles. The van der Waals surface area contributed by atoms with Crippen molar-refractivity contribution in [2.24, 2.45) is 5.92 Å². The highest BCUT2D eigenvalue weighted by Gasteiger charge is 2.35. The van der Waals surface area contributed by atoms with E-state index in [0.29, 0.717) is 6.54 Å². The van der Waals surface area contributed by atoms with Crippen LogP contribution in [0, 0.1) is 19.8 Å². The number of anilines is 2. The van der Waals surface area contributed by atoms with E-state index in [-0.39, 0.29) is 24.2 Å². The molecule has 3 rings (SSSR count). The maximum absolute atomic E-state index is 12.5. The lowest BCUT2D eigenvalue weighted by molar-refractivity contribution is -0.122. The molecule has 0 aromatic heterocycles. The molecule has 124 valence electrons. The lowest BCUT2D eigenvalue weighted by atomic mass is 10.1. The molecule has 1 atom stereocenters. The van der Waals surface area contributed by atoms with Crippen molar-refractivity contribution in [3.05, 3.63) is 58.1 Å². The summed E-state index contributed by atoms with van der Waals surface area (Å²) >= 11 is 3.38. The van der Waals surface area contributed by atoms with Crippen LogP contribution in [-0.2, 0) is 9.59 Å². The van der Waals surface area contributed by atoms with E-state index >= 15 is 0 Å². The van der Waals surface area contributed by atoms with Crippen LogP contribution < -0.4 is 10.2 Å². The van der Waals surface area contributed by atoms with Gasteiger partial charge in [0.05, 0.1) is 5.92 Å². The van der Waals surface area contributed by atoms with Gasteiger partial charge in [-0.1, -0.05) is 22.0 Å². The van der Waals surface area contributed by atoms with Crippen LogP contribution in [0.4, 0.5) is 11.4 Å². The fraction of sp³-hybridized carbons (Fsp3) is 0.263. The van der Waals surface area contributed by atoms with Gasteiger partial charge in [-0.25, -0.2) is 0 Å². The molecule has 2 aromatic rings. The Labute approximate surface area is 150 Å². The molecule has 0 spiro atoms.